The Bertz CT molecular complexity index is 1050. The van der Waals surface area contributed by atoms with Crippen LogP contribution in [0.3, 0.4) is 0 Å². The summed E-state index contributed by atoms with van der Waals surface area (Å²) in [5.74, 6) is 0.652. The van der Waals surface area contributed by atoms with Crippen molar-refractivity contribution in [2.24, 2.45) is 5.92 Å². The number of carboxylic acids is 1. The lowest BCUT2D eigenvalue weighted by atomic mass is 9.86. The highest BCUT2D eigenvalue weighted by Gasteiger charge is 2.40. The van der Waals surface area contributed by atoms with Gasteiger partial charge in [-0.25, -0.2) is 0 Å². The number of hydrogen-bond acceptors (Lipinski definition) is 3. The van der Waals surface area contributed by atoms with Crippen LogP contribution in [0, 0.1) is 5.92 Å². The van der Waals surface area contributed by atoms with E-state index in [1.54, 1.807) is 0 Å². The number of carbonyl (C=O) groups is 1. The van der Waals surface area contributed by atoms with Crippen LogP contribution in [0.4, 0.5) is 0 Å². The predicted molar refractivity (Wildman–Crippen MR) is 136 cm³/mol. The Labute approximate surface area is 202 Å². The first-order valence-electron chi connectivity index (χ1n) is 12.5. The molecule has 2 aliphatic rings. The molecule has 2 saturated heterocycles. The topological polar surface area (TPSA) is 43.8 Å². The highest BCUT2D eigenvalue weighted by molar-refractivity contribution is 5.75. The first-order valence-corrected chi connectivity index (χ1v) is 12.5. The summed E-state index contributed by atoms with van der Waals surface area (Å²) in [7, 11) is 0. The molecule has 2 heterocycles. The standard InChI is InChI=1S/C30H34N2O2/c33-30(34)29(26-14-8-3-9-15-26)32-21-27(28(22-32)25-12-6-2-7-13-25)20-31-18-16-24(17-19-31)23-10-4-1-5-11-23/h1-15,24,27-29H,16-22H2,(H,33,34)/t27-,28+,29+/m0/s1. The Balaban J connectivity index is 1.31. The smallest absolute Gasteiger partial charge is 0.325 e. The molecule has 176 valence electrons. The minimum Gasteiger partial charge on any atom is -0.480 e. The van der Waals surface area contributed by atoms with Crippen molar-refractivity contribution in [2.45, 2.75) is 30.7 Å². The molecule has 0 bridgehead atoms. The lowest BCUT2D eigenvalue weighted by Crippen LogP contribution is -2.38. The molecule has 0 spiro atoms. The van der Waals surface area contributed by atoms with Crippen molar-refractivity contribution in [1.82, 2.24) is 9.80 Å². The Morgan fingerprint density at radius 3 is 1.94 bits per heavy atom. The largest absolute Gasteiger partial charge is 0.480 e. The van der Waals surface area contributed by atoms with E-state index in [0.717, 1.165) is 38.3 Å². The van der Waals surface area contributed by atoms with E-state index in [0.29, 0.717) is 17.8 Å². The second-order valence-electron chi connectivity index (χ2n) is 9.87. The van der Waals surface area contributed by atoms with Gasteiger partial charge in [0.25, 0.3) is 0 Å². The van der Waals surface area contributed by atoms with Gasteiger partial charge in [0.1, 0.15) is 6.04 Å². The van der Waals surface area contributed by atoms with E-state index < -0.39 is 12.0 Å². The maximum absolute atomic E-state index is 12.3. The molecule has 34 heavy (non-hydrogen) atoms. The summed E-state index contributed by atoms with van der Waals surface area (Å²) in [6.07, 6.45) is 2.39. The minimum atomic E-state index is -0.762. The molecule has 0 amide bonds. The average molecular weight is 455 g/mol. The fraction of sp³-hybridized carbons (Fsp3) is 0.367. The van der Waals surface area contributed by atoms with E-state index in [2.05, 4.69) is 70.5 Å². The summed E-state index contributed by atoms with van der Waals surface area (Å²) in [5, 5.41) is 10.1. The Kier molecular flexibility index (Phi) is 7.08. The van der Waals surface area contributed by atoms with Gasteiger partial charge in [-0.15, -0.1) is 0 Å². The molecule has 2 aliphatic heterocycles. The third-order valence-corrected chi connectivity index (χ3v) is 7.76. The Morgan fingerprint density at radius 2 is 1.35 bits per heavy atom. The molecule has 0 saturated carbocycles. The van der Waals surface area contributed by atoms with Crippen molar-refractivity contribution in [3.05, 3.63) is 108 Å². The molecular weight excluding hydrogens is 420 g/mol. The third kappa shape index (κ3) is 5.08. The van der Waals surface area contributed by atoms with Crippen LogP contribution in [0.1, 0.15) is 47.4 Å². The number of likely N-dealkylation sites (tertiary alicyclic amines) is 2. The first-order chi connectivity index (χ1) is 16.7. The molecule has 0 aliphatic carbocycles. The molecule has 3 atom stereocenters. The van der Waals surface area contributed by atoms with Gasteiger partial charge in [0.05, 0.1) is 0 Å². The van der Waals surface area contributed by atoms with E-state index in [9.17, 15) is 9.90 Å². The maximum atomic E-state index is 12.3. The van der Waals surface area contributed by atoms with Crippen LogP contribution in [-0.4, -0.2) is 53.6 Å². The van der Waals surface area contributed by atoms with Gasteiger partial charge in [-0.1, -0.05) is 91.0 Å². The van der Waals surface area contributed by atoms with Gasteiger partial charge >= 0.3 is 5.97 Å². The van der Waals surface area contributed by atoms with E-state index in [-0.39, 0.29) is 0 Å². The van der Waals surface area contributed by atoms with Crippen LogP contribution in [0.2, 0.25) is 0 Å². The molecule has 3 aromatic carbocycles. The molecule has 5 rings (SSSR count). The van der Waals surface area contributed by atoms with Crippen molar-refractivity contribution < 1.29 is 9.90 Å². The summed E-state index contributed by atoms with van der Waals surface area (Å²) in [5.41, 5.74) is 3.65. The van der Waals surface area contributed by atoms with Gasteiger partial charge in [-0.2, -0.15) is 0 Å². The summed E-state index contributed by atoms with van der Waals surface area (Å²) in [6.45, 7) is 4.83. The quantitative estimate of drug-likeness (QED) is 0.519. The van der Waals surface area contributed by atoms with Crippen molar-refractivity contribution in [2.75, 3.05) is 32.7 Å². The van der Waals surface area contributed by atoms with Crippen LogP contribution in [0.5, 0.6) is 0 Å². The first kappa shape index (κ1) is 22.8. The molecule has 0 unspecified atom stereocenters. The monoisotopic (exact) mass is 454 g/mol. The molecule has 2 fully saturated rings. The van der Waals surface area contributed by atoms with Crippen molar-refractivity contribution in [3.63, 3.8) is 0 Å². The van der Waals surface area contributed by atoms with E-state index in [4.69, 9.17) is 0 Å². The molecule has 4 heteroatoms. The average Bonchev–Trinajstić information content (AvgIpc) is 3.29. The second kappa shape index (κ2) is 10.5. The number of nitrogens with zero attached hydrogens (tertiary/aromatic N) is 2. The highest BCUT2D eigenvalue weighted by Crippen LogP contribution is 2.39. The molecular formula is C30H34N2O2. The summed E-state index contributed by atoms with van der Waals surface area (Å²) in [6, 6.07) is 30.7. The SMILES string of the molecule is O=C(O)[C@@H](c1ccccc1)N1C[C@H](CN2CCC(c3ccccc3)CC2)[C@@H](c2ccccc2)C1. The lowest BCUT2D eigenvalue weighted by Gasteiger charge is -2.35. The van der Waals surface area contributed by atoms with Crippen molar-refractivity contribution in [1.29, 1.82) is 0 Å². The van der Waals surface area contributed by atoms with Gasteiger partial charge in [-0.05, 0) is 54.5 Å². The van der Waals surface area contributed by atoms with E-state index >= 15 is 0 Å². The fourth-order valence-electron chi connectivity index (χ4n) is 6.03. The minimum absolute atomic E-state index is 0.346. The number of aliphatic carboxylic acids is 1. The van der Waals surface area contributed by atoms with Crippen LogP contribution >= 0.6 is 0 Å². The summed E-state index contributed by atoms with van der Waals surface area (Å²) in [4.78, 5) is 17.1. The van der Waals surface area contributed by atoms with E-state index in [1.807, 2.05) is 30.3 Å². The Morgan fingerprint density at radius 1 is 0.794 bits per heavy atom. The van der Waals surface area contributed by atoms with Gasteiger partial charge in [0, 0.05) is 25.6 Å². The van der Waals surface area contributed by atoms with E-state index in [1.165, 1.54) is 24.0 Å². The zero-order valence-corrected chi connectivity index (χ0v) is 19.7. The van der Waals surface area contributed by atoms with Crippen molar-refractivity contribution in [3.8, 4) is 0 Å². The van der Waals surface area contributed by atoms with Crippen LogP contribution in [-0.2, 0) is 4.79 Å². The van der Waals surface area contributed by atoms with Crippen LogP contribution < -0.4 is 0 Å². The van der Waals surface area contributed by atoms with Gasteiger partial charge in [0.15, 0.2) is 0 Å². The van der Waals surface area contributed by atoms with Gasteiger partial charge in [0.2, 0.25) is 0 Å². The highest BCUT2D eigenvalue weighted by atomic mass is 16.4. The number of carboxylic acid groups (broad SMARTS) is 1. The number of hydrogen-bond donors (Lipinski definition) is 1. The zero-order chi connectivity index (χ0) is 23.3. The molecule has 0 aromatic heterocycles. The maximum Gasteiger partial charge on any atom is 0.325 e. The van der Waals surface area contributed by atoms with Gasteiger partial charge < -0.3 is 10.0 Å². The predicted octanol–water partition coefficient (Wildman–Crippen LogP) is 5.41. The normalized spacial score (nSPS) is 23.1. The van der Waals surface area contributed by atoms with Crippen molar-refractivity contribution >= 4 is 5.97 Å². The lowest BCUT2D eigenvalue weighted by molar-refractivity contribution is -0.143. The molecule has 4 nitrogen and oxygen atoms in total. The fourth-order valence-corrected chi connectivity index (χ4v) is 6.03. The molecule has 3 aromatic rings. The summed E-state index contributed by atoms with van der Waals surface area (Å²) >= 11 is 0. The van der Waals surface area contributed by atoms with Crippen LogP contribution in [0.25, 0.3) is 0 Å². The molecule has 0 radical (unpaired) electrons. The number of rotatable bonds is 7. The van der Waals surface area contributed by atoms with Gasteiger partial charge in [-0.3, -0.25) is 9.69 Å². The number of benzene rings is 3. The summed E-state index contributed by atoms with van der Waals surface area (Å²) < 4.78 is 0. The zero-order valence-electron chi connectivity index (χ0n) is 19.7. The van der Waals surface area contributed by atoms with Crippen LogP contribution in [0.15, 0.2) is 91.0 Å². The number of piperidine rings is 1. The Hall–Kier alpha value is -2.95. The second-order valence-corrected chi connectivity index (χ2v) is 9.87. The third-order valence-electron chi connectivity index (χ3n) is 7.76. The molecule has 1 N–H and O–H groups in total.